The molecule has 0 spiro atoms. The normalized spacial score (nSPS) is 15.5. The van der Waals surface area contributed by atoms with Gasteiger partial charge in [-0.1, -0.05) is 105 Å². The van der Waals surface area contributed by atoms with Gasteiger partial charge < -0.3 is 16.2 Å². The molecule has 13 rings (SSSR count). The Hall–Kier alpha value is -7.59. The second-order valence-electron chi connectivity index (χ2n) is 27.6. The van der Waals surface area contributed by atoms with Crippen LogP contribution >= 0.6 is 43.5 Å². The van der Waals surface area contributed by atoms with E-state index in [2.05, 4.69) is 54.2 Å². The van der Waals surface area contributed by atoms with Gasteiger partial charge in [0.25, 0.3) is 0 Å². The number of fused-ring (bicyclic) bond motifs is 1. The lowest BCUT2D eigenvalue weighted by Gasteiger charge is -2.22. The monoisotopic (exact) mass is 1630 g/mol. The highest BCUT2D eigenvalue weighted by atomic mass is 79.9. The van der Waals surface area contributed by atoms with Crippen molar-refractivity contribution >= 4 is 79.9 Å². The summed E-state index contributed by atoms with van der Waals surface area (Å²) in [4.78, 5) is 17.0. The second kappa shape index (κ2) is 31.8. The molecular weight excluding hydrogens is 1570 g/mol. The van der Waals surface area contributed by atoms with E-state index in [4.69, 9.17) is 34.2 Å². The van der Waals surface area contributed by atoms with Crippen molar-refractivity contribution in [1.82, 2.24) is 9.55 Å². The van der Waals surface area contributed by atoms with Crippen molar-refractivity contribution in [2.45, 2.75) is 177 Å². The molecule has 5 fully saturated rings. The van der Waals surface area contributed by atoms with Crippen molar-refractivity contribution in [3.8, 4) is 35.1 Å². The van der Waals surface area contributed by atoms with Crippen molar-refractivity contribution in [3.05, 3.63) is 214 Å². The summed E-state index contributed by atoms with van der Waals surface area (Å²) >= 11 is 12.0. The maximum Gasteiger partial charge on any atom is 0.419 e. The summed E-state index contributed by atoms with van der Waals surface area (Å²) in [6.45, 7) is 11.2. The lowest BCUT2D eigenvalue weighted by atomic mass is 9.98. The van der Waals surface area contributed by atoms with E-state index in [-0.39, 0.29) is 49.3 Å². The first-order valence-corrected chi connectivity index (χ1v) is 38.0. The largest absolute Gasteiger partial charge is 0.443 e. The highest BCUT2D eigenvalue weighted by Gasteiger charge is 2.41. The van der Waals surface area contributed by atoms with Crippen LogP contribution in [-0.2, 0) is 41.8 Å². The Morgan fingerprint density at radius 1 is 0.500 bits per heavy atom. The Labute approximate surface area is 611 Å². The summed E-state index contributed by atoms with van der Waals surface area (Å²) in [5, 5.41) is 0.616. The SMILES string of the molecule is C#Cc1cc(C2CC2)ccc1C(F)(F)F.CC(C)(C)OC(=O)n1c(-c2cc(C3CC3)ccc2C(F)(F)F)cc2cnc(Cl)cc21.C[Si](C)(C)C#Cc1cc(C2CC2)ccc1C(F)(F)F.FC(F)(F)c1ccc(C2CC2)cc1Br.Nc1cc(Br)ccc1C(F)(F)F.Nc1cc(C2CC2)ccc1C(F)(F)F. The van der Waals surface area contributed by atoms with Gasteiger partial charge in [-0.05, 0) is 227 Å². The van der Waals surface area contributed by atoms with E-state index in [1.54, 1.807) is 45.0 Å². The summed E-state index contributed by atoms with van der Waals surface area (Å²) in [5.41, 5.74) is 13.2. The van der Waals surface area contributed by atoms with Gasteiger partial charge in [-0.25, -0.2) is 14.3 Å². The first kappa shape index (κ1) is 82.1. The van der Waals surface area contributed by atoms with E-state index in [1.165, 1.54) is 72.9 Å². The Morgan fingerprint density at radius 3 is 1.25 bits per heavy atom. The van der Waals surface area contributed by atoms with Crippen LogP contribution in [0, 0.1) is 23.8 Å². The van der Waals surface area contributed by atoms with Crippen LogP contribution in [0.4, 0.5) is 95.2 Å². The second-order valence-corrected chi connectivity index (χ2v) is 34.6. The number of rotatable bonds is 6. The zero-order valence-electron chi connectivity index (χ0n) is 56.5. The Bertz CT molecular complexity index is 4460. The summed E-state index contributed by atoms with van der Waals surface area (Å²) in [5.74, 6) is 6.90. The molecule has 0 amide bonds. The number of carbonyl (C=O) groups excluding carboxylic acids is 1. The molecule has 0 unspecified atom stereocenters. The van der Waals surface area contributed by atoms with Gasteiger partial charge in [-0.3, -0.25) is 0 Å². The number of terminal acetylenes is 1. The topological polar surface area (TPSA) is 96.2 Å². The summed E-state index contributed by atoms with van der Waals surface area (Å²) in [7, 11) is -1.68. The summed E-state index contributed by atoms with van der Waals surface area (Å²) in [6.07, 6.45) is -10.0. The van der Waals surface area contributed by atoms with Crippen LogP contribution in [0.1, 0.15) is 187 Å². The fraction of sp³-hybridized carbons (Fsp3) is 0.368. The number of aromatic nitrogens is 2. The number of nitrogen functional groups attached to an aromatic ring is 2. The van der Waals surface area contributed by atoms with Crippen LogP contribution < -0.4 is 11.5 Å². The maximum atomic E-state index is 13.8. The molecule has 6 nitrogen and oxygen atoms in total. The number of ether oxygens (including phenoxy) is 1. The molecule has 104 heavy (non-hydrogen) atoms. The fourth-order valence-electron chi connectivity index (χ4n) is 10.6. The molecule has 5 aliphatic rings. The minimum Gasteiger partial charge on any atom is -0.443 e. The number of anilines is 2. The number of benzene rings is 6. The molecule has 2 aromatic heterocycles. The molecule has 5 saturated carbocycles. The van der Waals surface area contributed by atoms with E-state index < -0.39 is 90.2 Å². The molecule has 28 heteroatoms. The van der Waals surface area contributed by atoms with Crippen molar-refractivity contribution in [2.75, 3.05) is 11.5 Å². The number of halogens is 21. The predicted molar refractivity (Wildman–Crippen MR) is 376 cm³/mol. The molecule has 0 aliphatic heterocycles. The lowest BCUT2D eigenvalue weighted by molar-refractivity contribution is -0.138. The van der Waals surface area contributed by atoms with Gasteiger partial charge in [0.2, 0.25) is 0 Å². The average molecular weight is 1640 g/mol. The number of alkyl halides is 18. The number of nitrogens with two attached hydrogens (primary N) is 2. The molecule has 8 aromatic rings. The molecule has 2 heterocycles. The van der Waals surface area contributed by atoms with E-state index >= 15 is 0 Å². The first-order valence-electron chi connectivity index (χ1n) is 32.5. The average Bonchev–Trinajstić information content (AvgIpc) is 1.55. The number of carbonyl (C=O) groups is 1. The van der Waals surface area contributed by atoms with Gasteiger partial charge in [-0.2, -0.15) is 79.0 Å². The van der Waals surface area contributed by atoms with Gasteiger partial charge >= 0.3 is 43.2 Å². The highest BCUT2D eigenvalue weighted by Crippen LogP contribution is 2.49. The van der Waals surface area contributed by atoms with Gasteiger partial charge in [0.05, 0.1) is 44.6 Å². The maximum absolute atomic E-state index is 13.8. The minimum absolute atomic E-state index is 0.0492. The van der Waals surface area contributed by atoms with Crippen LogP contribution in [0.2, 0.25) is 24.8 Å². The standard InChI is InChI=1S/C22H20ClF3N2O2.C15H17F3Si.C12H9F3.C10H8BrF3.C10H10F3N.C7H5BrF3N/c1-21(2,3)30-20(29)28-17-10-19(23)27-11-14(17)9-18(28)15-8-13(12-4-5-12)6-7-16(15)22(24,25)26;1-19(2,3)9-8-13-10-12(11-4-5-11)6-7-14(13)15(16,17)18;1-2-8-7-10(9-3-4-9)5-6-11(8)12(13,14)15;11-9-5-7(6-1-2-6)3-4-8(9)10(12,13)14;11-10(12,13)8-4-3-7(5-9(8)14)6-1-2-6;8-4-1-2-5(6(12)3-4)7(9,10)11/h6-12H,4-5H2,1-3H3;6-7,10-11H,4-5H2,1-3H3;1,5-7,9H,3-4H2;3-6H,1-2H2;3-6H,1-2,14H2;1-3H,12H2. The van der Waals surface area contributed by atoms with Crippen LogP contribution in [0.3, 0.4) is 0 Å². The van der Waals surface area contributed by atoms with E-state index in [9.17, 15) is 83.8 Å². The number of nitrogens with zero attached hydrogens (tertiary/aromatic N) is 2. The number of hydrogen-bond acceptors (Lipinski definition) is 5. The van der Waals surface area contributed by atoms with Crippen molar-refractivity contribution < 1.29 is 88.6 Å². The fourth-order valence-corrected chi connectivity index (χ4v) is 12.3. The van der Waals surface area contributed by atoms with Gasteiger partial charge in [0, 0.05) is 54.7 Å². The molecule has 0 atom stereocenters. The first-order chi connectivity index (χ1) is 48.0. The lowest BCUT2D eigenvalue weighted by Crippen LogP contribution is -2.27. The molecule has 0 radical (unpaired) electrons. The zero-order chi connectivity index (χ0) is 77.2. The van der Waals surface area contributed by atoms with Gasteiger partial charge in [-0.15, -0.1) is 12.0 Å². The van der Waals surface area contributed by atoms with Gasteiger partial charge in [0.1, 0.15) is 18.8 Å². The molecule has 0 bridgehead atoms. The minimum atomic E-state index is -4.58. The molecular formula is C76H69Br2ClF18N4O2Si. The van der Waals surface area contributed by atoms with Crippen LogP contribution in [0.25, 0.3) is 22.2 Å². The highest BCUT2D eigenvalue weighted by molar-refractivity contribution is 9.10. The predicted octanol–water partition coefficient (Wildman–Crippen LogP) is 26.0. The third kappa shape index (κ3) is 23.5. The van der Waals surface area contributed by atoms with Gasteiger partial charge in [0.15, 0.2) is 0 Å². The van der Waals surface area contributed by atoms with E-state index in [1.807, 2.05) is 19.6 Å². The molecule has 0 saturated heterocycles. The third-order valence-corrected chi connectivity index (χ3v) is 18.8. The van der Waals surface area contributed by atoms with Crippen LogP contribution in [-0.4, -0.2) is 29.3 Å². The molecule has 556 valence electrons. The quantitative estimate of drug-likeness (QED) is 0.0568. The Morgan fingerprint density at radius 2 is 0.865 bits per heavy atom. The smallest absolute Gasteiger partial charge is 0.419 e. The van der Waals surface area contributed by atoms with Crippen molar-refractivity contribution in [1.29, 1.82) is 0 Å². The van der Waals surface area contributed by atoms with Crippen LogP contribution in [0.5, 0.6) is 0 Å². The van der Waals surface area contributed by atoms with Crippen molar-refractivity contribution in [3.63, 3.8) is 0 Å². The zero-order valence-corrected chi connectivity index (χ0v) is 61.4. The molecule has 6 aromatic carbocycles. The molecule has 5 aliphatic carbocycles. The molecule has 4 N–H and O–H groups in total. The Kier molecular flexibility index (Phi) is 25.1. The Balaban J connectivity index is 0.000000163. The number of pyridine rings is 1. The summed E-state index contributed by atoms with van der Waals surface area (Å²) < 4.78 is 236. The summed E-state index contributed by atoms with van der Waals surface area (Å²) in [6, 6.07) is 27.4. The van der Waals surface area contributed by atoms with E-state index in [0.29, 0.717) is 39.0 Å². The number of hydrogen-bond donors (Lipinski definition) is 2. The van der Waals surface area contributed by atoms with Crippen LogP contribution in [0.15, 0.2) is 136 Å². The third-order valence-electron chi connectivity index (χ3n) is 16.5. The van der Waals surface area contributed by atoms with Crippen molar-refractivity contribution in [2.24, 2.45) is 0 Å². The van der Waals surface area contributed by atoms with E-state index in [0.717, 1.165) is 127 Å².